The van der Waals surface area contributed by atoms with Crippen molar-refractivity contribution in [3.63, 3.8) is 0 Å². The van der Waals surface area contributed by atoms with E-state index >= 15 is 0 Å². The highest BCUT2D eigenvalue weighted by Gasteiger charge is 2.11. The molecule has 1 aromatic carbocycles. The second-order valence-corrected chi connectivity index (χ2v) is 4.43. The fourth-order valence-corrected chi connectivity index (χ4v) is 2.07. The minimum atomic E-state index is -0.312. The number of carbonyl (C=O) groups is 1. The van der Waals surface area contributed by atoms with Crippen molar-refractivity contribution in [1.82, 2.24) is 4.98 Å². The maximum Gasteiger partial charge on any atom is 0.302 e. The van der Waals surface area contributed by atoms with Gasteiger partial charge in [-0.25, -0.2) is 0 Å². The summed E-state index contributed by atoms with van der Waals surface area (Å²) in [5.74, 6) is 0.930. The molecule has 0 unspecified atom stereocenters. The largest absolute Gasteiger partial charge is 0.493 e. The number of esters is 1. The SMILES string of the molecule is COc1cc2nc(C)cc(COC(C)=O)c2cc1OC. The van der Waals surface area contributed by atoms with Crippen LogP contribution in [0.2, 0.25) is 0 Å². The Balaban J connectivity index is 2.58. The number of carbonyl (C=O) groups excluding carboxylic acids is 1. The predicted octanol–water partition coefficient (Wildman–Crippen LogP) is 2.62. The van der Waals surface area contributed by atoms with Gasteiger partial charge in [-0.15, -0.1) is 0 Å². The maximum atomic E-state index is 11.0. The van der Waals surface area contributed by atoms with Crippen molar-refractivity contribution < 1.29 is 19.0 Å². The van der Waals surface area contributed by atoms with E-state index in [9.17, 15) is 4.79 Å². The maximum absolute atomic E-state index is 11.0. The number of benzene rings is 1. The van der Waals surface area contributed by atoms with E-state index in [1.165, 1.54) is 6.92 Å². The molecule has 5 nitrogen and oxygen atoms in total. The molecule has 0 amide bonds. The van der Waals surface area contributed by atoms with E-state index in [0.29, 0.717) is 11.5 Å². The Labute approximate surface area is 117 Å². The molecule has 0 atom stereocenters. The summed E-state index contributed by atoms with van der Waals surface area (Å²) in [4.78, 5) is 15.5. The van der Waals surface area contributed by atoms with E-state index in [0.717, 1.165) is 22.2 Å². The molecule has 0 spiro atoms. The Kier molecular flexibility index (Phi) is 4.08. The van der Waals surface area contributed by atoms with Crippen LogP contribution in [-0.2, 0) is 16.1 Å². The van der Waals surface area contributed by atoms with Crippen LogP contribution in [0.1, 0.15) is 18.2 Å². The lowest BCUT2D eigenvalue weighted by atomic mass is 10.1. The molecule has 0 radical (unpaired) electrons. The molecular formula is C15H17NO4. The summed E-state index contributed by atoms with van der Waals surface area (Å²) in [6.07, 6.45) is 0. The molecule has 1 heterocycles. The third-order valence-corrected chi connectivity index (χ3v) is 2.96. The first kappa shape index (κ1) is 14.1. The molecule has 5 heteroatoms. The standard InChI is InChI=1S/C15H17NO4/c1-9-5-11(8-20-10(2)17)12-6-14(18-3)15(19-4)7-13(12)16-9/h5-7H,8H2,1-4H3. The summed E-state index contributed by atoms with van der Waals surface area (Å²) in [5.41, 5.74) is 2.53. The third-order valence-electron chi connectivity index (χ3n) is 2.96. The van der Waals surface area contributed by atoms with Crippen molar-refractivity contribution in [3.05, 3.63) is 29.5 Å². The number of ether oxygens (including phenoxy) is 3. The van der Waals surface area contributed by atoms with Crippen molar-refractivity contribution in [2.45, 2.75) is 20.5 Å². The first-order valence-electron chi connectivity index (χ1n) is 6.20. The molecule has 0 fully saturated rings. The normalized spacial score (nSPS) is 10.4. The highest BCUT2D eigenvalue weighted by Crippen LogP contribution is 2.33. The summed E-state index contributed by atoms with van der Waals surface area (Å²) >= 11 is 0. The first-order valence-corrected chi connectivity index (χ1v) is 6.20. The van der Waals surface area contributed by atoms with Crippen LogP contribution in [0.3, 0.4) is 0 Å². The molecule has 0 saturated heterocycles. The average Bonchev–Trinajstić information content (AvgIpc) is 2.42. The predicted molar refractivity (Wildman–Crippen MR) is 75.1 cm³/mol. The van der Waals surface area contributed by atoms with Gasteiger partial charge in [0.05, 0.1) is 19.7 Å². The summed E-state index contributed by atoms with van der Waals surface area (Å²) < 4.78 is 15.6. The van der Waals surface area contributed by atoms with Crippen LogP contribution in [-0.4, -0.2) is 25.2 Å². The van der Waals surface area contributed by atoms with Gasteiger partial charge in [0, 0.05) is 29.6 Å². The Bertz CT molecular complexity index is 652. The molecule has 0 N–H and O–H groups in total. The zero-order valence-electron chi connectivity index (χ0n) is 12.0. The van der Waals surface area contributed by atoms with Gasteiger partial charge in [-0.1, -0.05) is 0 Å². The number of aromatic nitrogens is 1. The van der Waals surface area contributed by atoms with Crippen LogP contribution in [0.4, 0.5) is 0 Å². The second kappa shape index (κ2) is 5.77. The Hall–Kier alpha value is -2.30. The number of hydrogen-bond acceptors (Lipinski definition) is 5. The average molecular weight is 275 g/mol. The highest BCUT2D eigenvalue weighted by atomic mass is 16.5. The molecule has 0 aliphatic rings. The Morgan fingerprint density at radius 2 is 1.80 bits per heavy atom. The quantitative estimate of drug-likeness (QED) is 0.803. The van der Waals surface area contributed by atoms with Gasteiger partial charge in [0.2, 0.25) is 0 Å². The molecule has 20 heavy (non-hydrogen) atoms. The van der Waals surface area contributed by atoms with Crippen LogP contribution < -0.4 is 9.47 Å². The number of nitrogens with zero attached hydrogens (tertiary/aromatic N) is 1. The summed E-state index contributed by atoms with van der Waals surface area (Å²) in [7, 11) is 3.16. The van der Waals surface area contributed by atoms with Crippen LogP contribution in [0.15, 0.2) is 18.2 Å². The number of aryl methyl sites for hydroxylation is 1. The van der Waals surface area contributed by atoms with E-state index < -0.39 is 0 Å². The lowest BCUT2D eigenvalue weighted by Gasteiger charge is -2.12. The van der Waals surface area contributed by atoms with Crippen molar-refractivity contribution in [2.75, 3.05) is 14.2 Å². The van der Waals surface area contributed by atoms with Crippen LogP contribution in [0.25, 0.3) is 10.9 Å². The Morgan fingerprint density at radius 3 is 2.40 bits per heavy atom. The summed E-state index contributed by atoms with van der Waals surface area (Å²) in [6.45, 7) is 3.50. The first-order chi connectivity index (χ1) is 9.55. The van der Waals surface area contributed by atoms with E-state index in [2.05, 4.69) is 4.98 Å². The van der Waals surface area contributed by atoms with E-state index in [-0.39, 0.29) is 12.6 Å². The number of hydrogen-bond donors (Lipinski definition) is 0. The monoisotopic (exact) mass is 275 g/mol. The van der Waals surface area contributed by atoms with E-state index in [1.807, 2.05) is 25.1 Å². The van der Waals surface area contributed by atoms with Crippen molar-refractivity contribution in [2.24, 2.45) is 0 Å². The van der Waals surface area contributed by atoms with Crippen LogP contribution in [0.5, 0.6) is 11.5 Å². The van der Waals surface area contributed by atoms with Crippen molar-refractivity contribution in [3.8, 4) is 11.5 Å². The third kappa shape index (κ3) is 2.82. The molecule has 0 saturated carbocycles. The van der Waals surface area contributed by atoms with Gasteiger partial charge < -0.3 is 14.2 Å². The van der Waals surface area contributed by atoms with Crippen molar-refractivity contribution >= 4 is 16.9 Å². The molecule has 1 aromatic heterocycles. The smallest absolute Gasteiger partial charge is 0.302 e. The zero-order chi connectivity index (χ0) is 14.7. The van der Waals surface area contributed by atoms with Crippen LogP contribution >= 0.6 is 0 Å². The van der Waals surface area contributed by atoms with Gasteiger partial charge in [-0.05, 0) is 19.1 Å². The van der Waals surface area contributed by atoms with Gasteiger partial charge in [-0.2, -0.15) is 0 Å². The topological polar surface area (TPSA) is 57.7 Å². The molecular weight excluding hydrogens is 258 g/mol. The fourth-order valence-electron chi connectivity index (χ4n) is 2.07. The number of pyridine rings is 1. The van der Waals surface area contributed by atoms with Gasteiger partial charge >= 0.3 is 5.97 Å². The van der Waals surface area contributed by atoms with Gasteiger partial charge in [0.25, 0.3) is 0 Å². The van der Waals surface area contributed by atoms with Gasteiger partial charge in [0.1, 0.15) is 6.61 Å². The highest BCUT2D eigenvalue weighted by molar-refractivity contribution is 5.86. The lowest BCUT2D eigenvalue weighted by molar-refractivity contribution is -0.142. The lowest BCUT2D eigenvalue weighted by Crippen LogP contribution is -2.01. The molecule has 2 aromatic rings. The van der Waals surface area contributed by atoms with Crippen LogP contribution in [0, 0.1) is 6.92 Å². The minimum Gasteiger partial charge on any atom is -0.493 e. The van der Waals surface area contributed by atoms with Crippen molar-refractivity contribution in [1.29, 1.82) is 0 Å². The summed E-state index contributed by atoms with van der Waals surface area (Å²) in [6, 6.07) is 5.56. The number of methoxy groups -OCH3 is 2. The van der Waals surface area contributed by atoms with Gasteiger partial charge in [0.15, 0.2) is 11.5 Å². The molecule has 0 bridgehead atoms. The van der Waals surface area contributed by atoms with E-state index in [1.54, 1.807) is 14.2 Å². The molecule has 0 aliphatic carbocycles. The Morgan fingerprint density at radius 1 is 1.15 bits per heavy atom. The number of rotatable bonds is 4. The van der Waals surface area contributed by atoms with Gasteiger partial charge in [-0.3, -0.25) is 9.78 Å². The second-order valence-electron chi connectivity index (χ2n) is 4.43. The minimum absolute atomic E-state index is 0.213. The van der Waals surface area contributed by atoms with E-state index in [4.69, 9.17) is 14.2 Å². The fraction of sp³-hybridized carbons (Fsp3) is 0.333. The molecule has 2 rings (SSSR count). The number of fused-ring (bicyclic) bond motifs is 1. The zero-order valence-corrected chi connectivity index (χ0v) is 12.0. The molecule has 106 valence electrons. The molecule has 0 aliphatic heterocycles. The summed E-state index contributed by atoms with van der Waals surface area (Å²) in [5, 5.41) is 0.884.